The summed E-state index contributed by atoms with van der Waals surface area (Å²) in [7, 11) is 1.53. The molecule has 2 N–H and O–H groups in total. The second-order valence-corrected chi connectivity index (χ2v) is 9.86. The van der Waals surface area contributed by atoms with Crippen LogP contribution in [0.1, 0.15) is 17.3 Å². The number of hydrogen-bond acceptors (Lipinski definition) is 6. The van der Waals surface area contributed by atoms with Crippen molar-refractivity contribution in [1.29, 1.82) is 0 Å². The zero-order valence-corrected chi connectivity index (χ0v) is 22.9. The van der Waals surface area contributed by atoms with Crippen molar-refractivity contribution in [2.75, 3.05) is 32.1 Å². The lowest BCUT2D eigenvalue weighted by Crippen LogP contribution is -2.53. The fraction of sp³-hybridized carbons (Fsp3) is 0.194. The Hall–Kier alpha value is -4.40. The maximum absolute atomic E-state index is 12.9. The van der Waals surface area contributed by atoms with Gasteiger partial charge < -0.3 is 25.0 Å². The summed E-state index contributed by atoms with van der Waals surface area (Å²) in [5.41, 5.74) is 4.64. The highest BCUT2D eigenvalue weighted by Gasteiger charge is 2.24. The molecule has 1 fully saturated rings. The van der Waals surface area contributed by atoms with E-state index < -0.39 is 0 Å². The van der Waals surface area contributed by atoms with Gasteiger partial charge in [-0.25, -0.2) is 9.78 Å². The fourth-order valence-electron chi connectivity index (χ4n) is 4.50. The molecule has 1 saturated heterocycles. The van der Waals surface area contributed by atoms with Gasteiger partial charge in [0.2, 0.25) is 5.88 Å². The van der Waals surface area contributed by atoms with Crippen molar-refractivity contribution in [3.8, 4) is 33.9 Å². The zero-order chi connectivity index (χ0) is 28.1. The molecule has 4 aromatic rings. The van der Waals surface area contributed by atoms with Gasteiger partial charge in [-0.3, -0.25) is 4.79 Å². The highest BCUT2D eigenvalue weighted by atomic mass is 35.5. The summed E-state index contributed by atoms with van der Waals surface area (Å²) in [4.78, 5) is 31.3. The quantitative estimate of drug-likeness (QED) is 0.297. The number of hydrogen-bond donors (Lipinski definition) is 2. The maximum atomic E-state index is 12.9. The van der Waals surface area contributed by atoms with Crippen molar-refractivity contribution in [2.24, 2.45) is 0 Å². The molecular formula is C31H29ClN4O4. The van der Waals surface area contributed by atoms with Crippen molar-refractivity contribution in [3.05, 3.63) is 95.6 Å². The predicted octanol–water partition coefficient (Wildman–Crippen LogP) is 6.12. The SMILES string of the molecule is COc1ccc(NC(=O)c2ccc(Cl)c(-c3ccc(-c4ccc(OC(=O)N5CCNCC5C)cc4)cc3)c2)cn1. The molecule has 0 spiro atoms. The average molecular weight is 557 g/mol. The van der Waals surface area contributed by atoms with Crippen molar-refractivity contribution in [2.45, 2.75) is 13.0 Å². The number of carbonyl (C=O) groups is 2. The van der Waals surface area contributed by atoms with Gasteiger partial charge in [-0.15, -0.1) is 0 Å². The number of ether oxygens (including phenoxy) is 2. The third-order valence-corrected chi connectivity index (χ3v) is 7.09. The van der Waals surface area contributed by atoms with Crippen LogP contribution >= 0.6 is 11.6 Å². The van der Waals surface area contributed by atoms with Gasteiger partial charge in [0, 0.05) is 47.9 Å². The van der Waals surface area contributed by atoms with Crippen molar-refractivity contribution >= 4 is 29.3 Å². The Labute approximate surface area is 237 Å². The van der Waals surface area contributed by atoms with Gasteiger partial charge in [-0.05, 0) is 60.0 Å². The van der Waals surface area contributed by atoms with Crippen LogP contribution in [0.2, 0.25) is 5.02 Å². The lowest BCUT2D eigenvalue weighted by molar-refractivity contribution is 0.102. The Morgan fingerprint density at radius 1 is 0.975 bits per heavy atom. The molecule has 204 valence electrons. The van der Waals surface area contributed by atoms with E-state index in [1.165, 1.54) is 13.3 Å². The average Bonchev–Trinajstić information content (AvgIpc) is 2.98. The van der Waals surface area contributed by atoms with Crippen LogP contribution in [-0.2, 0) is 0 Å². The van der Waals surface area contributed by atoms with E-state index in [2.05, 4.69) is 15.6 Å². The van der Waals surface area contributed by atoms with E-state index in [4.69, 9.17) is 21.1 Å². The number of carbonyl (C=O) groups excluding carboxylic acids is 2. The molecule has 2 amide bonds. The standard InChI is InChI=1S/C31H29ClN4O4/c1-20-18-33-15-16-36(20)31(38)40-26-11-7-22(8-12-26)21-3-5-23(6-4-21)27-17-24(9-13-28(27)32)30(37)35-25-10-14-29(39-2)34-19-25/h3-14,17,19-20,33H,15-16,18H2,1-2H3,(H,35,37). The third-order valence-electron chi connectivity index (χ3n) is 6.76. The predicted molar refractivity (Wildman–Crippen MR) is 156 cm³/mol. The van der Waals surface area contributed by atoms with Crippen LogP contribution < -0.4 is 20.1 Å². The molecule has 8 nitrogen and oxygen atoms in total. The number of piperazine rings is 1. The Bertz CT molecular complexity index is 1490. The number of aromatic nitrogens is 1. The van der Waals surface area contributed by atoms with E-state index in [0.717, 1.165) is 35.3 Å². The first kappa shape index (κ1) is 27.2. The fourth-order valence-corrected chi connectivity index (χ4v) is 4.72. The molecule has 1 aliphatic rings. The summed E-state index contributed by atoms with van der Waals surface area (Å²) in [6.45, 7) is 4.15. The second-order valence-electron chi connectivity index (χ2n) is 9.45. The highest BCUT2D eigenvalue weighted by molar-refractivity contribution is 6.33. The zero-order valence-electron chi connectivity index (χ0n) is 22.2. The van der Waals surface area contributed by atoms with Crippen LogP contribution in [0.4, 0.5) is 10.5 Å². The summed E-state index contributed by atoms with van der Waals surface area (Å²) in [6, 6.07) is 24.0. The second kappa shape index (κ2) is 12.2. The number of amides is 2. The monoisotopic (exact) mass is 556 g/mol. The van der Waals surface area contributed by atoms with Crippen molar-refractivity contribution in [3.63, 3.8) is 0 Å². The van der Waals surface area contributed by atoms with Crippen LogP contribution in [0.3, 0.4) is 0 Å². The Morgan fingerprint density at radius 2 is 1.68 bits per heavy atom. The molecule has 0 aliphatic carbocycles. The highest BCUT2D eigenvalue weighted by Crippen LogP contribution is 2.32. The number of pyridine rings is 1. The molecule has 3 aromatic carbocycles. The Kier molecular flexibility index (Phi) is 8.28. The lowest BCUT2D eigenvalue weighted by atomic mass is 9.99. The Balaban J connectivity index is 1.26. The van der Waals surface area contributed by atoms with Gasteiger partial charge in [0.15, 0.2) is 0 Å². The number of rotatable bonds is 6. The molecule has 1 unspecified atom stereocenters. The summed E-state index contributed by atoms with van der Waals surface area (Å²) in [6.07, 6.45) is 1.20. The molecule has 1 atom stereocenters. The van der Waals surface area contributed by atoms with Gasteiger partial charge in [0.1, 0.15) is 5.75 Å². The van der Waals surface area contributed by atoms with Gasteiger partial charge in [0.05, 0.1) is 19.0 Å². The number of halogens is 1. The van der Waals surface area contributed by atoms with E-state index in [9.17, 15) is 9.59 Å². The summed E-state index contributed by atoms with van der Waals surface area (Å²) in [5, 5.41) is 6.65. The van der Waals surface area contributed by atoms with Crippen LogP contribution in [0.15, 0.2) is 85.1 Å². The van der Waals surface area contributed by atoms with Crippen molar-refractivity contribution < 1.29 is 19.1 Å². The van der Waals surface area contributed by atoms with Crippen LogP contribution in [0, 0.1) is 0 Å². The minimum absolute atomic E-state index is 0.0911. The van der Waals surface area contributed by atoms with E-state index in [-0.39, 0.29) is 18.0 Å². The maximum Gasteiger partial charge on any atom is 0.415 e. The number of benzene rings is 3. The van der Waals surface area contributed by atoms with Crippen LogP contribution in [-0.4, -0.2) is 54.7 Å². The number of anilines is 1. The molecule has 0 saturated carbocycles. The first-order valence-corrected chi connectivity index (χ1v) is 13.3. The minimum atomic E-state index is -0.334. The van der Waals surface area contributed by atoms with E-state index >= 15 is 0 Å². The molecular weight excluding hydrogens is 528 g/mol. The third kappa shape index (κ3) is 6.25. The molecule has 40 heavy (non-hydrogen) atoms. The summed E-state index contributed by atoms with van der Waals surface area (Å²) >= 11 is 6.51. The topological polar surface area (TPSA) is 92.8 Å². The Morgan fingerprint density at radius 3 is 2.33 bits per heavy atom. The first-order chi connectivity index (χ1) is 19.4. The molecule has 0 bridgehead atoms. The molecule has 0 radical (unpaired) electrons. The molecule has 1 aromatic heterocycles. The molecule has 5 rings (SSSR count). The van der Waals surface area contributed by atoms with Crippen LogP contribution in [0.5, 0.6) is 11.6 Å². The van der Waals surface area contributed by atoms with E-state index in [0.29, 0.717) is 34.4 Å². The summed E-state index contributed by atoms with van der Waals surface area (Å²) in [5.74, 6) is 0.701. The van der Waals surface area contributed by atoms with Gasteiger partial charge >= 0.3 is 6.09 Å². The molecule has 9 heteroatoms. The van der Waals surface area contributed by atoms with Crippen molar-refractivity contribution in [1.82, 2.24) is 15.2 Å². The molecule has 1 aliphatic heterocycles. The van der Waals surface area contributed by atoms with Gasteiger partial charge in [-0.1, -0.05) is 48.0 Å². The van der Waals surface area contributed by atoms with Gasteiger partial charge in [-0.2, -0.15) is 0 Å². The summed E-state index contributed by atoms with van der Waals surface area (Å²) < 4.78 is 10.6. The first-order valence-electron chi connectivity index (χ1n) is 12.9. The largest absolute Gasteiger partial charge is 0.481 e. The number of methoxy groups -OCH3 is 1. The smallest absolute Gasteiger partial charge is 0.415 e. The molecule has 2 heterocycles. The number of nitrogens with one attached hydrogen (secondary N) is 2. The normalized spacial score (nSPS) is 14.9. The van der Waals surface area contributed by atoms with E-state index in [1.807, 2.05) is 43.3 Å². The number of nitrogens with zero attached hydrogens (tertiary/aromatic N) is 2. The minimum Gasteiger partial charge on any atom is -0.481 e. The van der Waals surface area contributed by atoms with Gasteiger partial charge in [0.25, 0.3) is 5.91 Å². The lowest BCUT2D eigenvalue weighted by Gasteiger charge is -2.32. The van der Waals surface area contributed by atoms with Crippen LogP contribution in [0.25, 0.3) is 22.3 Å². The van der Waals surface area contributed by atoms with E-state index in [1.54, 1.807) is 47.4 Å².